The fourth-order valence-corrected chi connectivity index (χ4v) is 6.15. The number of unbranched alkanes of at least 4 members (excludes halogenated alkanes) is 25. The minimum Gasteiger partial charge on any atom is -0.234 e. The Morgan fingerprint density at radius 3 is 1.23 bits per heavy atom. The average molecular weight is 546 g/mol. The summed E-state index contributed by atoms with van der Waals surface area (Å²) in [5.41, 5.74) is 0. The van der Waals surface area contributed by atoms with Crippen molar-refractivity contribution in [2.24, 2.45) is 0 Å². The van der Waals surface area contributed by atoms with Gasteiger partial charge >= 0.3 is 0 Å². The number of hydrogen-bond donors (Lipinski definition) is 0. The smallest absolute Gasteiger partial charge is 0.234 e. The summed E-state index contributed by atoms with van der Waals surface area (Å²) < 4.78 is 5.20. The standard InChI is InChI=1S/C37H73N2/c1-4-7-10-12-14-16-17-18-19-20-21-22-23-24-25-27-29-32-37-38(33-30-9-6-3)35-36-39(37)34-31-28-26-15-13-11-8-5-2/h35-36H,4-34H2,1-3H3/q+1. The number of rotatable bonds is 31. The van der Waals surface area contributed by atoms with E-state index >= 15 is 0 Å². The summed E-state index contributed by atoms with van der Waals surface area (Å²) in [7, 11) is 0. The lowest BCUT2D eigenvalue weighted by Crippen LogP contribution is -2.37. The molecular formula is C37H73N2+. The van der Waals surface area contributed by atoms with Crippen molar-refractivity contribution in [3.05, 3.63) is 18.2 Å². The van der Waals surface area contributed by atoms with Crippen LogP contribution in [-0.4, -0.2) is 4.57 Å². The van der Waals surface area contributed by atoms with Gasteiger partial charge in [0.25, 0.3) is 5.82 Å². The van der Waals surface area contributed by atoms with E-state index in [2.05, 4.69) is 42.3 Å². The van der Waals surface area contributed by atoms with Gasteiger partial charge in [0.15, 0.2) is 0 Å². The van der Waals surface area contributed by atoms with E-state index in [-0.39, 0.29) is 0 Å². The highest BCUT2D eigenvalue weighted by Gasteiger charge is 2.16. The van der Waals surface area contributed by atoms with Crippen LogP contribution in [0.1, 0.15) is 206 Å². The van der Waals surface area contributed by atoms with E-state index in [0.29, 0.717) is 0 Å². The fourth-order valence-electron chi connectivity index (χ4n) is 6.15. The highest BCUT2D eigenvalue weighted by Crippen LogP contribution is 2.15. The molecule has 1 heterocycles. The van der Waals surface area contributed by atoms with E-state index in [1.54, 1.807) is 5.82 Å². The summed E-state index contributed by atoms with van der Waals surface area (Å²) in [6.45, 7) is 9.37. The Hall–Kier alpha value is -0.790. The number of imidazole rings is 1. The second-order valence-corrected chi connectivity index (χ2v) is 12.7. The first-order chi connectivity index (χ1) is 19.3. The van der Waals surface area contributed by atoms with Crippen molar-refractivity contribution >= 4 is 0 Å². The van der Waals surface area contributed by atoms with Crippen molar-refractivity contribution in [2.75, 3.05) is 0 Å². The Bertz CT molecular complexity index is 605. The second-order valence-electron chi connectivity index (χ2n) is 12.7. The first-order valence-electron chi connectivity index (χ1n) is 18.4. The van der Waals surface area contributed by atoms with Gasteiger partial charge in [-0.25, -0.2) is 9.13 Å². The van der Waals surface area contributed by atoms with Crippen LogP contribution < -0.4 is 4.57 Å². The quantitative estimate of drug-likeness (QED) is 0.0648. The summed E-state index contributed by atoms with van der Waals surface area (Å²) in [5, 5.41) is 0. The largest absolute Gasteiger partial charge is 0.256 e. The van der Waals surface area contributed by atoms with Crippen LogP contribution in [0, 0.1) is 0 Å². The van der Waals surface area contributed by atoms with Gasteiger partial charge in [0.1, 0.15) is 12.4 Å². The van der Waals surface area contributed by atoms with E-state index in [1.165, 1.54) is 199 Å². The number of hydrogen-bond acceptors (Lipinski definition) is 0. The summed E-state index contributed by atoms with van der Waals surface area (Å²) in [4.78, 5) is 0. The maximum Gasteiger partial charge on any atom is 0.256 e. The molecule has 1 rings (SSSR count). The summed E-state index contributed by atoms with van der Waals surface area (Å²) in [5.74, 6) is 1.61. The molecule has 0 spiro atoms. The van der Waals surface area contributed by atoms with Crippen molar-refractivity contribution < 1.29 is 4.57 Å². The molecule has 1 aromatic rings. The van der Waals surface area contributed by atoms with Gasteiger partial charge < -0.3 is 0 Å². The van der Waals surface area contributed by atoms with E-state index < -0.39 is 0 Å². The lowest BCUT2D eigenvalue weighted by atomic mass is 10.0. The normalized spacial score (nSPS) is 11.6. The molecule has 0 unspecified atom stereocenters. The predicted octanol–water partition coefficient (Wildman–Crippen LogP) is 12.3. The molecule has 0 aliphatic rings. The zero-order chi connectivity index (χ0) is 28.1. The third-order valence-corrected chi connectivity index (χ3v) is 8.85. The van der Waals surface area contributed by atoms with Gasteiger partial charge in [0.05, 0.1) is 13.1 Å². The highest BCUT2D eigenvalue weighted by molar-refractivity contribution is 4.84. The molecule has 0 radical (unpaired) electrons. The van der Waals surface area contributed by atoms with Gasteiger partial charge in [-0.15, -0.1) is 0 Å². The van der Waals surface area contributed by atoms with Gasteiger partial charge in [-0.2, -0.15) is 0 Å². The van der Waals surface area contributed by atoms with Crippen LogP contribution in [0.3, 0.4) is 0 Å². The van der Waals surface area contributed by atoms with Gasteiger partial charge in [-0.3, -0.25) is 0 Å². The van der Waals surface area contributed by atoms with Crippen LogP contribution in [0.25, 0.3) is 0 Å². The van der Waals surface area contributed by atoms with Gasteiger partial charge in [0, 0.05) is 6.42 Å². The van der Waals surface area contributed by atoms with Crippen LogP contribution in [0.5, 0.6) is 0 Å². The lowest BCUT2D eigenvalue weighted by Gasteiger charge is -2.07. The molecule has 2 nitrogen and oxygen atoms in total. The van der Waals surface area contributed by atoms with E-state index in [1.807, 2.05) is 0 Å². The van der Waals surface area contributed by atoms with Crippen molar-refractivity contribution in [1.29, 1.82) is 0 Å². The maximum atomic E-state index is 2.61. The van der Waals surface area contributed by atoms with Crippen molar-refractivity contribution in [2.45, 2.75) is 220 Å². The maximum absolute atomic E-state index is 2.61. The second kappa shape index (κ2) is 28.7. The predicted molar refractivity (Wildman–Crippen MR) is 175 cm³/mol. The van der Waals surface area contributed by atoms with E-state index in [9.17, 15) is 0 Å². The number of aromatic nitrogens is 2. The van der Waals surface area contributed by atoms with Crippen molar-refractivity contribution in [3.8, 4) is 0 Å². The van der Waals surface area contributed by atoms with Crippen molar-refractivity contribution in [1.82, 2.24) is 4.57 Å². The van der Waals surface area contributed by atoms with Gasteiger partial charge in [-0.1, -0.05) is 168 Å². The van der Waals surface area contributed by atoms with Gasteiger partial charge in [0.2, 0.25) is 0 Å². The van der Waals surface area contributed by atoms with Crippen LogP contribution in [0.4, 0.5) is 0 Å². The zero-order valence-electron chi connectivity index (χ0n) is 27.5. The summed E-state index contributed by atoms with van der Waals surface area (Å²) in [6.07, 6.45) is 46.0. The van der Waals surface area contributed by atoms with Crippen LogP contribution in [0.2, 0.25) is 0 Å². The average Bonchev–Trinajstić information content (AvgIpc) is 3.33. The van der Waals surface area contributed by atoms with E-state index in [4.69, 9.17) is 0 Å². The minimum absolute atomic E-state index is 1.21. The number of nitrogens with zero attached hydrogens (tertiary/aromatic N) is 2. The fraction of sp³-hybridized carbons (Fsp3) is 0.919. The molecule has 0 bridgehead atoms. The summed E-state index contributed by atoms with van der Waals surface area (Å²) >= 11 is 0. The Morgan fingerprint density at radius 1 is 0.436 bits per heavy atom. The molecule has 0 saturated carbocycles. The van der Waals surface area contributed by atoms with E-state index in [0.717, 1.165) is 0 Å². The molecule has 0 aliphatic heterocycles. The molecule has 0 amide bonds. The first-order valence-corrected chi connectivity index (χ1v) is 18.4. The molecule has 39 heavy (non-hydrogen) atoms. The Balaban J connectivity index is 2.11. The summed E-state index contributed by atoms with van der Waals surface area (Å²) in [6, 6.07) is 0. The first kappa shape index (κ1) is 36.2. The molecule has 2 heteroatoms. The highest BCUT2D eigenvalue weighted by atomic mass is 15.1. The molecule has 0 fully saturated rings. The molecule has 0 aliphatic carbocycles. The Labute approximate surface area is 247 Å². The molecule has 230 valence electrons. The lowest BCUT2D eigenvalue weighted by molar-refractivity contribution is -0.704. The molecular weight excluding hydrogens is 472 g/mol. The third-order valence-electron chi connectivity index (χ3n) is 8.85. The van der Waals surface area contributed by atoms with Crippen LogP contribution >= 0.6 is 0 Å². The number of aryl methyl sites for hydroxylation is 2. The zero-order valence-corrected chi connectivity index (χ0v) is 27.5. The van der Waals surface area contributed by atoms with Gasteiger partial charge in [-0.05, 0) is 32.1 Å². The molecule has 0 aromatic carbocycles. The van der Waals surface area contributed by atoms with Crippen LogP contribution in [0.15, 0.2) is 12.4 Å². The van der Waals surface area contributed by atoms with Crippen molar-refractivity contribution in [3.63, 3.8) is 0 Å². The molecule has 0 N–H and O–H groups in total. The third kappa shape index (κ3) is 21.6. The molecule has 0 saturated heterocycles. The SMILES string of the molecule is CCCCCCCCCCCCCCCCCCCc1n(CCCCCCCCCC)cc[n+]1CCCCC. The molecule has 1 aromatic heterocycles. The minimum atomic E-state index is 1.21. The Kier molecular flexibility index (Phi) is 26.7. The van der Waals surface area contributed by atoms with Crippen LogP contribution in [-0.2, 0) is 19.5 Å². The topological polar surface area (TPSA) is 8.81 Å². The molecule has 0 atom stereocenters. The monoisotopic (exact) mass is 546 g/mol. The Morgan fingerprint density at radius 2 is 0.795 bits per heavy atom.